The standard InChI is InChI=1S/C14H24N4O2/c1-12-8-18(9-13(2)20-12)10-14(19)16-4-3-6-17-7-5-15-11-17/h5,7,11-13H,3-4,6,8-10H2,1-2H3,(H,16,19)/t12-,13+. The lowest BCUT2D eigenvalue weighted by atomic mass is 10.2. The molecule has 20 heavy (non-hydrogen) atoms. The summed E-state index contributed by atoms with van der Waals surface area (Å²) in [6.45, 7) is 7.79. The summed E-state index contributed by atoms with van der Waals surface area (Å²) < 4.78 is 7.67. The minimum atomic E-state index is 0.0944. The third-order valence-electron chi connectivity index (χ3n) is 3.34. The van der Waals surface area contributed by atoms with Crippen LogP contribution >= 0.6 is 0 Å². The average molecular weight is 280 g/mol. The van der Waals surface area contributed by atoms with Crippen molar-refractivity contribution in [3.05, 3.63) is 18.7 Å². The van der Waals surface area contributed by atoms with Gasteiger partial charge in [-0.05, 0) is 20.3 Å². The van der Waals surface area contributed by atoms with E-state index >= 15 is 0 Å². The summed E-state index contributed by atoms with van der Waals surface area (Å²) in [4.78, 5) is 18.0. The number of aryl methyl sites for hydroxylation is 1. The maximum atomic E-state index is 11.9. The second kappa shape index (κ2) is 7.40. The van der Waals surface area contributed by atoms with E-state index in [4.69, 9.17) is 4.74 Å². The Morgan fingerprint density at radius 3 is 2.80 bits per heavy atom. The molecule has 0 unspecified atom stereocenters. The predicted octanol–water partition coefficient (Wildman–Crippen LogP) is 0.499. The van der Waals surface area contributed by atoms with E-state index < -0.39 is 0 Å². The largest absolute Gasteiger partial charge is 0.373 e. The highest BCUT2D eigenvalue weighted by atomic mass is 16.5. The first-order valence-corrected chi connectivity index (χ1v) is 7.23. The van der Waals surface area contributed by atoms with E-state index in [-0.39, 0.29) is 18.1 Å². The summed E-state index contributed by atoms with van der Waals surface area (Å²) in [5, 5.41) is 2.97. The lowest BCUT2D eigenvalue weighted by Crippen LogP contribution is -2.49. The van der Waals surface area contributed by atoms with Gasteiger partial charge in [0.25, 0.3) is 0 Å². The molecule has 2 atom stereocenters. The number of hydrogen-bond acceptors (Lipinski definition) is 4. The van der Waals surface area contributed by atoms with E-state index in [9.17, 15) is 4.79 Å². The normalized spacial score (nSPS) is 23.7. The lowest BCUT2D eigenvalue weighted by Gasteiger charge is -2.34. The number of nitrogens with zero attached hydrogens (tertiary/aromatic N) is 3. The highest BCUT2D eigenvalue weighted by Gasteiger charge is 2.23. The molecule has 1 aliphatic rings. The van der Waals surface area contributed by atoms with Gasteiger partial charge in [0, 0.05) is 38.6 Å². The molecule has 6 heteroatoms. The number of ether oxygens (including phenoxy) is 1. The van der Waals surface area contributed by atoms with Crippen LogP contribution in [0.5, 0.6) is 0 Å². The Morgan fingerprint density at radius 1 is 1.40 bits per heavy atom. The first-order chi connectivity index (χ1) is 9.63. The molecule has 0 saturated carbocycles. The first-order valence-electron chi connectivity index (χ1n) is 7.23. The molecule has 1 N–H and O–H groups in total. The van der Waals surface area contributed by atoms with Gasteiger partial charge < -0.3 is 14.6 Å². The van der Waals surface area contributed by atoms with E-state index in [0.717, 1.165) is 26.1 Å². The van der Waals surface area contributed by atoms with Crippen molar-refractivity contribution in [3.8, 4) is 0 Å². The van der Waals surface area contributed by atoms with Crippen LogP contribution in [0.1, 0.15) is 20.3 Å². The molecule has 6 nitrogen and oxygen atoms in total. The summed E-state index contributed by atoms with van der Waals surface area (Å²) in [6, 6.07) is 0. The quantitative estimate of drug-likeness (QED) is 0.771. The molecule has 2 rings (SSSR count). The molecule has 0 aliphatic carbocycles. The van der Waals surface area contributed by atoms with Crippen molar-refractivity contribution >= 4 is 5.91 Å². The molecular weight excluding hydrogens is 256 g/mol. The van der Waals surface area contributed by atoms with E-state index in [1.165, 1.54) is 0 Å². The van der Waals surface area contributed by atoms with Crippen molar-refractivity contribution < 1.29 is 9.53 Å². The highest BCUT2D eigenvalue weighted by Crippen LogP contribution is 2.09. The first kappa shape index (κ1) is 15.0. The summed E-state index contributed by atoms with van der Waals surface area (Å²) in [7, 11) is 0. The smallest absolute Gasteiger partial charge is 0.234 e. The molecule has 1 aromatic rings. The van der Waals surface area contributed by atoms with E-state index in [1.807, 2.05) is 24.6 Å². The van der Waals surface area contributed by atoms with Crippen molar-refractivity contribution in [3.63, 3.8) is 0 Å². The number of carbonyl (C=O) groups excluding carboxylic acids is 1. The second-order valence-electron chi connectivity index (χ2n) is 5.46. The van der Waals surface area contributed by atoms with E-state index in [1.54, 1.807) is 12.5 Å². The van der Waals surface area contributed by atoms with Crippen molar-refractivity contribution in [1.82, 2.24) is 19.8 Å². The van der Waals surface area contributed by atoms with E-state index in [2.05, 4.69) is 15.2 Å². The van der Waals surface area contributed by atoms with Crippen molar-refractivity contribution in [2.75, 3.05) is 26.2 Å². The van der Waals surface area contributed by atoms with Gasteiger partial charge in [-0.15, -0.1) is 0 Å². The van der Waals surface area contributed by atoms with Gasteiger partial charge in [0.05, 0.1) is 25.1 Å². The van der Waals surface area contributed by atoms with Gasteiger partial charge in [0.15, 0.2) is 0 Å². The summed E-state index contributed by atoms with van der Waals surface area (Å²) >= 11 is 0. The van der Waals surface area contributed by atoms with Crippen LogP contribution in [-0.2, 0) is 16.1 Å². The van der Waals surface area contributed by atoms with Crippen LogP contribution in [0.2, 0.25) is 0 Å². The van der Waals surface area contributed by atoms with Crippen LogP contribution in [0.3, 0.4) is 0 Å². The number of amides is 1. The zero-order valence-corrected chi connectivity index (χ0v) is 12.3. The molecule has 1 amide bonds. The molecule has 1 fully saturated rings. The molecule has 0 spiro atoms. The lowest BCUT2D eigenvalue weighted by molar-refractivity contribution is -0.125. The molecular formula is C14H24N4O2. The van der Waals surface area contributed by atoms with Gasteiger partial charge in [-0.1, -0.05) is 0 Å². The number of nitrogens with one attached hydrogen (secondary N) is 1. The maximum absolute atomic E-state index is 11.9. The van der Waals surface area contributed by atoms with Gasteiger partial charge >= 0.3 is 0 Å². The maximum Gasteiger partial charge on any atom is 0.234 e. The molecule has 112 valence electrons. The van der Waals surface area contributed by atoms with Gasteiger partial charge in [0.1, 0.15) is 0 Å². The van der Waals surface area contributed by atoms with Crippen LogP contribution in [0.15, 0.2) is 18.7 Å². The van der Waals surface area contributed by atoms with Gasteiger partial charge in [-0.2, -0.15) is 0 Å². The summed E-state index contributed by atoms with van der Waals surface area (Å²) in [6.07, 6.45) is 6.80. The fraction of sp³-hybridized carbons (Fsp3) is 0.714. The third kappa shape index (κ3) is 4.94. The van der Waals surface area contributed by atoms with Gasteiger partial charge in [-0.25, -0.2) is 4.98 Å². The topological polar surface area (TPSA) is 59.4 Å². The van der Waals surface area contributed by atoms with Crippen LogP contribution < -0.4 is 5.32 Å². The number of carbonyl (C=O) groups is 1. The predicted molar refractivity (Wildman–Crippen MR) is 76.3 cm³/mol. The fourth-order valence-corrected chi connectivity index (χ4v) is 2.58. The number of imidazole rings is 1. The minimum Gasteiger partial charge on any atom is -0.373 e. The zero-order valence-electron chi connectivity index (χ0n) is 12.3. The van der Waals surface area contributed by atoms with Crippen LogP contribution in [-0.4, -0.2) is 58.7 Å². The summed E-state index contributed by atoms with van der Waals surface area (Å²) in [5.74, 6) is 0.0944. The molecule has 0 bridgehead atoms. The van der Waals surface area contributed by atoms with Crippen LogP contribution in [0.25, 0.3) is 0 Å². The Balaban J connectivity index is 1.60. The molecule has 2 heterocycles. The number of morpholine rings is 1. The molecule has 1 saturated heterocycles. The van der Waals surface area contributed by atoms with Crippen LogP contribution in [0.4, 0.5) is 0 Å². The van der Waals surface area contributed by atoms with E-state index in [0.29, 0.717) is 13.1 Å². The highest BCUT2D eigenvalue weighted by molar-refractivity contribution is 5.77. The van der Waals surface area contributed by atoms with Gasteiger partial charge in [-0.3, -0.25) is 9.69 Å². The number of aromatic nitrogens is 2. The molecule has 1 aliphatic heterocycles. The average Bonchev–Trinajstić information content (AvgIpc) is 2.86. The van der Waals surface area contributed by atoms with Crippen molar-refractivity contribution in [2.24, 2.45) is 0 Å². The Bertz CT molecular complexity index is 397. The Labute approximate surface area is 120 Å². The molecule has 0 aromatic carbocycles. The monoisotopic (exact) mass is 280 g/mol. The molecule has 1 aromatic heterocycles. The zero-order chi connectivity index (χ0) is 14.4. The Hall–Kier alpha value is -1.40. The minimum absolute atomic E-state index is 0.0944. The SMILES string of the molecule is C[C@@H]1CN(CC(=O)NCCCn2ccnc2)C[C@H](C)O1. The van der Waals surface area contributed by atoms with Crippen molar-refractivity contribution in [1.29, 1.82) is 0 Å². The van der Waals surface area contributed by atoms with Gasteiger partial charge in [0.2, 0.25) is 5.91 Å². The van der Waals surface area contributed by atoms with Crippen molar-refractivity contribution in [2.45, 2.75) is 39.0 Å². The molecule has 0 radical (unpaired) electrons. The number of hydrogen-bond donors (Lipinski definition) is 1. The van der Waals surface area contributed by atoms with Crippen LogP contribution in [0, 0.1) is 0 Å². The number of rotatable bonds is 6. The third-order valence-corrected chi connectivity index (χ3v) is 3.34. The summed E-state index contributed by atoms with van der Waals surface area (Å²) in [5.41, 5.74) is 0. The Kier molecular flexibility index (Phi) is 5.55. The Morgan fingerprint density at radius 2 is 2.15 bits per heavy atom. The fourth-order valence-electron chi connectivity index (χ4n) is 2.58. The second-order valence-corrected chi connectivity index (χ2v) is 5.46.